The van der Waals surface area contributed by atoms with Gasteiger partial charge >= 0.3 is 0 Å². The van der Waals surface area contributed by atoms with Crippen LogP contribution in [-0.2, 0) is 0 Å². The monoisotopic (exact) mass is 207 g/mol. The third-order valence-corrected chi connectivity index (χ3v) is 1.96. The number of aromatic amines is 1. The average molecular weight is 208 g/mol. The van der Waals surface area contributed by atoms with Crippen molar-refractivity contribution < 1.29 is 4.79 Å². The predicted molar refractivity (Wildman–Crippen MR) is 52.0 cm³/mol. The highest BCUT2D eigenvalue weighted by molar-refractivity contribution is 6.67. The quantitative estimate of drug-likeness (QED) is 0.765. The van der Waals surface area contributed by atoms with Crippen molar-refractivity contribution in [3.05, 3.63) is 36.0 Å². The summed E-state index contributed by atoms with van der Waals surface area (Å²) in [6.07, 6.45) is 0. The molecule has 1 heterocycles. The van der Waals surface area contributed by atoms with Gasteiger partial charge < -0.3 is 0 Å². The minimum atomic E-state index is -0.613. The molecule has 0 bridgehead atoms. The van der Waals surface area contributed by atoms with Gasteiger partial charge in [-0.05, 0) is 11.6 Å². The zero-order valence-corrected chi connectivity index (χ0v) is 7.82. The molecule has 0 fully saturated rings. The van der Waals surface area contributed by atoms with Crippen LogP contribution in [0.5, 0.6) is 0 Å². The second kappa shape index (κ2) is 3.59. The molecule has 5 heteroatoms. The van der Waals surface area contributed by atoms with E-state index in [2.05, 4.69) is 15.4 Å². The number of benzene rings is 1. The molecule has 2 aromatic rings. The van der Waals surface area contributed by atoms with Crippen LogP contribution in [0.3, 0.4) is 0 Å². The minimum absolute atomic E-state index is 0.151. The summed E-state index contributed by atoms with van der Waals surface area (Å²) in [6, 6.07) is 9.26. The van der Waals surface area contributed by atoms with Gasteiger partial charge in [0.05, 0.1) is 0 Å². The normalized spacial score (nSPS) is 10.1. The number of nitrogens with one attached hydrogen (secondary N) is 1. The number of hydrogen-bond acceptors (Lipinski definition) is 3. The van der Waals surface area contributed by atoms with Crippen LogP contribution in [0.2, 0.25) is 0 Å². The van der Waals surface area contributed by atoms with E-state index in [1.54, 1.807) is 0 Å². The Balaban J connectivity index is 2.52. The Morgan fingerprint density at radius 3 is 2.57 bits per heavy atom. The number of hydrogen-bond donors (Lipinski definition) is 1. The Morgan fingerprint density at radius 1 is 1.21 bits per heavy atom. The van der Waals surface area contributed by atoms with E-state index in [1.165, 1.54) is 0 Å². The Morgan fingerprint density at radius 2 is 1.93 bits per heavy atom. The Labute approximate surface area is 84.9 Å². The molecule has 14 heavy (non-hydrogen) atoms. The first kappa shape index (κ1) is 8.90. The van der Waals surface area contributed by atoms with Crippen LogP contribution in [0, 0.1) is 0 Å². The smallest absolute Gasteiger partial charge is 0.274 e. The zero-order valence-electron chi connectivity index (χ0n) is 7.07. The second-order valence-corrected chi connectivity index (χ2v) is 3.00. The molecule has 0 radical (unpaired) electrons. The van der Waals surface area contributed by atoms with Crippen molar-refractivity contribution in [3.63, 3.8) is 0 Å². The number of rotatable bonds is 2. The van der Waals surface area contributed by atoms with Gasteiger partial charge in [0.2, 0.25) is 0 Å². The number of H-pyrrole nitrogens is 1. The van der Waals surface area contributed by atoms with Crippen LogP contribution >= 0.6 is 11.6 Å². The molecular formula is C9H6ClN3O. The lowest BCUT2D eigenvalue weighted by Gasteiger charge is -1.95. The van der Waals surface area contributed by atoms with Gasteiger partial charge in [-0.25, -0.2) is 0 Å². The number of halogens is 1. The van der Waals surface area contributed by atoms with E-state index in [-0.39, 0.29) is 5.69 Å². The summed E-state index contributed by atoms with van der Waals surface area (Å²) < 4.78 is 0. The van der Waals surface area contributed by atoms with Crippen molar-refractivity contribution in [1.82, 2.24) is 15.4 Å². The van der Waals surface area contributed by atoms with Gasteiger partial charge in [-0.1, -0.05) is 30.3 Å². The summed E-state index contributed by atoms with van der Waals surface area (Å²) in [6.45, 7) is 0. The second-order valence-electron chi connectivity index (χ2n) is 2.66. The molecule has 0 saturated carbocycles. The van der Waals surface area contributed by atoms with Gasteiger partial charge in [0.15, 0.2) is 5.69 Å². The van der Waals surface area contributed by atoms with Gasteiger partial charge in [0, 0.05) is 5.56 Å². The summed E-state index contributed by atoms with van der Waals surface area (Å²) in [5.41, 5.74) is 1.44. The molecule has 1 aromatic carbocycles. The zero-order chi connectivity index (χ0) is 9.97. The highest BCUT2D eigenvalue weighted by Crippen LogP contribution is 2.19. The lowest BCUT2D eigenvalue weighted by Crippen LogP contribution is -1.92. The van der Waals surface area contributed by atoms with Crippen LogP contribution < -0.4 is 0 Å². The van der Waals surface area contributed by atoms with E-state index in [4.69, 9.17) is 11.6 Å². The van der Waals surface area contributed by atoms with Crippen LogP contribution in [0.1, 0.15) is 10.5 Å². The standard InChI is InChI=1S/C9H6ClN3O/c10-9(14)8-7(11-13-12-8)6-4-2-1-3-5-6/h1-5H,(H,11,12,13). The number of carbonyl (C=O) groups excluding carboxylic acids is 1. The number of carbonyl (C=O) groups is 1. The Hall–Kier alpha value is -1.68. The topological polar surface area (TPSA) is 58.6 Å². The van der Waals surface area contributed by atoms with E-state index in [0.29, 0.717) is 5.69 Å². The molecule has 2 rings (SSSR count). The van der Waals surface area contributed by atoms with Crippen LogP contribution in [-0.4, -0.2) is 20.7 Å². The number of aromatic nitrogens is 3. The molecule has 0 aliphatic carbocycles. The molecule has 4 nitrogen and oxygen atoms in total. The van der Waals surface area contributed by atoms with Gasteiger partial charge in [-0.3, -0.25) is 4.79 Å². The molecule has 0 spiro atoms. The van der Waals surface area contributed by atoms with Gasteiger partial charge in [-0.15, -0.1) is 0 Å². The van der Waals surface area contributed by atoms with Crippen LogP contribution in [0.15, 0.2) is 30.3 Å². The fourth-order valence-electron chi connectivity index (χ4n) is 1.17. The van der Waals surface area contributed by atoms with E-state index in [9.17, 15) is 4.79 Å². The lowest BCUT2D eigenvalue weighted by atomic mass is 10.1. The molecule has 0 unspecified atom stereocenters. The summed E-state index contributed by atoms with van der Waals surface area (Å²) in [4.78, 5) is 10.9. The van der Waals surface area contributed by atoms with Crippen LogP contribution in [0.4, 0.5) is 0 Å². The summed E-state index contributed by atoms with van der Waals surface area (Å²) >= 11 is 5.34. The first-order valence-electron chi connectivity index (χ1n) is 3.95. The minimum Gasteiger partial charge on any atom is -0.274 e. The molecule has 1 N–H and O–H groups in total. The summed E-state index contributed by atoms with van der Waals surface area (Å²) in [5, 5.41) is 9.30. The van der Waals surface area contributed by atoms with Gasteiger partial charge in [0.25, 0.3) is 5.24 Å². The fraction of sp³-hybridized carbons (Fsp3) is 0. The molecule has 0 amide bonds. The maximum Gasteiger partial charge on any atom is 0.275 e. The maximum atomic E-state index is 10.9. The van der Waals surface area contributed by atoms with Crippen molar-refractivity contribution in [3.8, 4) is 11.3 Å². The summed E-state index contributed by atoms with van der Waals surface area (Å²) in [7, 11) is 0. The SMILES string of the molecule is O=C(Cl)c1n[nH]nc1-c1ccccc1. The summed E-state index contributed by atoms with van der Waals surface area (Å²) in [5.74, 6) is 0. The Kier molecular flexibility index (Phi) is 2.28. The third-order valence-electron chi connectivity index (χ3n) is 1.78. The van der Waals surface area contributed by atoms with Crippen LogP contribution in [0.25, 0.3) is 11.3 Å². The van der Waals surface area contributed by atoms with Crippen molar-refractivity contribution in [2.24, 2.45) is 0 Å². The molecule has 0 atom stereocenters. The Bertz CT molecular complexity index is 452. The van der Waals surface area contributed by atoms with Gasteiger partial charge in [0.1, 0.15) is 5.69 Å². The predicted octanol–water partition coefficient (Wildman–Crippen LogP) is 1.85. The van der Waals surface area contributed by atoms with E-state index in [1.807, 2.05) is 30.3 Å². The largest absolute Gasteiger partial charge is 0.275 e. The first-order valence-corrected chi connectivity index (χ1v) is 4.33. The highest BCUT2D eigenvalue weighted by Gasteiger charge is 2.14. The molecular weight excluding hydrogens is 202 g/mol. The molecule has 0 aliphatic heterocycles. The average Bonchev–Trinajstić information content (AvgIpc) is 2.67. The van der Waals surface area contributed by atoms with Crippen molar-refractivity contribution in [1.29, 1.82) is 0 Å². The van der Waals surface area contributed by atoms with E-state index >= 15 is 0 Å². The van der Waals surface area contributed by atoms with E-state index in [0.717, 1.165) is 5.56 Å². The fourth-order valence-corrected chi connectivity index (χ4v) is 1.30. The van der Waals surface area contributed by atoms with Crippen molar-refractivity contribution >= 4 is 16.8 Å². The van der Waals surface area contributed by atoms with Gasteiger partial charge in [-0.2, -0.15) is 15.4 Å². The number of nitrogens with zero attached hydrogens (tertiary/aromatic N) is 2. The molecule has 0 aliphatic rings. The molecule has 1 aromatic heterocycles. The molecule has 0 saturated heterocycles. The van der Waals surface area contributed by atoms with E-state index < -0.39 is 5.24 Å². The first-order chi connectivity index (χ1) is 6.79. The maximum absolute atomic E-state index is 10.9. The highest BCUT2D eigenvalue weighted by atomic mass is 35.5. The molecule has 70 valence electrons. The third kappa shape index (κ3) is 1.52. The van der Waals surface area contributed by atoms with Crippen molar-refractivity contribution in [2.75, 3.05) is 0 Å². The lowest BCUT2D eigenvalue weighted by molar-refractivity contribution is 0.107. The van der Waals surface area contributed by atoms with Crippen molar-refractivity contribution in [2.45, 2.75) is 0 Å².